The molecule has 1 amide bonds. The van der Waals surface area contributed by atoms with Crippen molar-refractivity contribution in [2.45, 2.75) is 25.8 Å². The van der Waals surface area contributed by atoms with Gasteiger partial charge in [-0.2, -0.15) is 0 Å². The van der Waals surface area contributed by atoms with Gasteiger partial charge in [-0.3, -0.25) is 4.79 Å². The molecule has 0 bridgehead atoms. The Kier molecular flexibility index (Phi) is 6.02. The Bertz CT molecular complexity index is 465. The van der Waals surface area contributed by atoms with E-state index in [-0.39, 0.29) is 11.9 Å². The zero-order valence-corrected chi connectivity index (χ0v) is 12.6. The molecule has 0 saturated carbocycles. The molecule has 1 fully saturated rings. The molecule has 0 aromatic heterocycles. The summed E-state index contributed by atoms with van der Waals surface area (Å²) >= 11 is 0. The lowest BCUT2D eigenvalue weighted by molar-refractivity contribution is 0.0699. The number of likely N-dealkylation sites (tertiary alicyclic amines) is 1. The van der Waals surface area contributed by atoms with Crippen molar-refractivity contribution >= 4 is 5.91 Å². The van der Waals surface area contributed by atoms with Gasteiger partial charge in [-0.25, -0.2) is 0 Å². The highest BCUT2D eigenvalue weighted by molar-refractivity contribution is 5.97. The molecule has 5 nitrogen and oxygen atoms in total. The van der Waals surface area contributed by atoms with Gasteiger partial charge in [-0.05, 0) is 31.9 Å². The fourth-order valence-electron chi connectivity index (χ4n) is 2.49. The highest BCUT2D eigenvalue weighted by atomic mass is 16.5. The monoisotopic (exact) mass is 292 g/mol. The fourth-order valence-corrected chi connectivity index (χ4v) is 2.49. The molecule has 21 heavy (non-hydrogen) atoms. The highest BCUT2D eigenvalue weighted by Crippen LogP contribution is 2.21. The van der Waals surface area contributed by atoms with Crippen molar-refractivity contribution in [3.05, 3.63) is 29.8 Å². The predicted molar refractivity (Wildman–Crippen MR) is 81.5 cm³/mol. The summed E-state index contributed by atoms with van der Waals surface area (Å²) in [4.78, 5) is 14.4. The molecule has 116 valence electrons. The minimum absolute atomic E-state index is 0.00263. The molecule has 1 heterocycles. The van der Waals surface area contributed by atoms with Gasteiger partial charge in [0.2, 0.25) is 0 Å². The molecule has 2 N–H and O–H groups in total. The number of amides is 1. The maximum atomic E-state index is 12.6. The molecule has 1 saturated heterocycles. The first kappa shape index (κ1) is 15.8. The van der Waals surface area contributed by atoms with Gasteiger partial charge < -0.3 is 20.1 Å². The van der Waals surface area contributed by atoms with Crippen LogP contribution in [0.25, 0.3) is 0 Å². The molecule has 1 atom stereocenters. The Balaban J connectivity index is 2.02. The topological polar surface area (TPSA) is 64.8 Å². The molecule has 0 radical (unpaired) electrons. The second-order valence-corrected chi connectivity index (χ2v) is 5.20. The van der Waals surface area contributed by atoms with E-state index in [9.17, 15) is 4.79 Å². The molecule has 1 unspecified atom stereocenters. The summed E-state index contributed by atoms with van der Waals surface area (Å²) < 4.78 is 10.9. The maximum absolute atomic E-state index is 12.6. The Morgan fingerprint density at radius 3 is 2.95 bits per heavy atom. The van der Waals surface area contributed by atoms with Gasteiger partial charge >= 0.3 is 0 Å². The van der Waals surface area contributed by atoms with Crippen molar-refractivity contribution < 1.29 is 14.3 Å². The van der Waals surface area contributed by atoms with Crippen molar-refractivity contribution in [2.75, 3.05) is 32.9 Å². The van der Waals surface area contributed by atoms with Crippen LogP contribution in [0.4, 0.5) is 0 Å². The zero-order chi connectivity index (χ0) is 15.1. The van der Waals surface area contributed by atoms with Crippen LogP contribution in [0.15, 0.2) is 24.3 Å². The van der Waals surface area contributed by atoms with E-state index in [0.29, 0.717) is 37.7 Å². The van der Waals surface area contributed by atoms with E-state index >= 15 is 0 Å². The maximum Gasteiger partial charge on any atom is 0.257 e. The van der Waals surface area contributed by atoms with Crippen LogP contribution in [0.2, 0.25) is 0 Å². The van der Waals surface area contributed by atoms with Gasteiger partial charge in [0.15, 0.2) is 0 Å². The minimum Gasteiger partial charge on any atom is -0.490 e. The lowest BCUT2D eigenvalue weighted by Crippen LogP contribution is -2.45. The molecular formula is C16H24N2O3. The fraction of sp³-hybridized carbons (Fsp3) is 0.562. The Hall–Kier alpha value is -1.59. The molecule has 1 aliphatic heterocycles. The van der Waals surface area contributed by atoms with Crippen molar-refractivity contribution in [2.24, 2.45) is 5.73 Å². The lowest BCUT2D eigenvalue weighted by Gasteiger charge is -2.31. The third-order valence-corrected chi connectivity index (χ3v) is 3.55. The highest BCUT2D eigenvalue weighted by Gasteiger charge is 2.24. The van der Waals surface area contributed by atoms with Gasteiger partial charge in [0.05, 0.1) is 12.2 Å². The molecular weight excluding hydrogens is 268 g/mol. The predicted octanol–water partition coefficient (Wildman–Crippen LogP) is 1.67. The molecule has 0 aliphatic carbocycles. The standard InChI is InChI=1S/C16H24N2O3/c1-2-20-10-11-21-15-8-4-3-7-14(15)16(19)18-9-5-6-13(17)12-18/h3-4,7-8,13H,2,5-6,9-12,17H2,1H3. The molecule has 1 aliphatic rings. The summed E-state index contributed by atoms with van der Waals surface area (Å²) in [6, 6.07) is 7.43. The summed E-state index contributed by atoms with van der Waals surface area (Å²) in [5.41, 5.74) is 6.55. The van der Waals surface area contributed by atoms with Crippen LogP contribution in [0, 0.1) is 0 Å². The third kappa shape index (κ3) is 4.44. The smallest absolute Gasteiger partial charge is 0.257 e. The van der Waals surface area contributed by atoms with Gasteiger partial charge in [-0.1, -0.05) is 12.1 Å². The van der Waals surface area contributed by atoms with E-state index in [4.69, 9.17) is 15.2 Å². The number of hydrogen-bond donors (Lipinski definition) is 1. The number of ether oxygens (including phenoxy) is 2. The van der Waals surface area contributed by atoms with E-state index in [0.717, 1.165) is 19.4 Å². The summed E-state index contributed by atoms with van der Waals surface area (Å²) in [6.07, 6.45) is 1.94. The van der Waals surface area contributed by atoms with E-state index in [1.807, 2.05) is 30.0 Å². The Morgan fingerprint density at radius 2 is 2.19 bits per heavy atom. The van der Waals surface area contributed by atoms with E-state index < -0.39 is 0 Å². The number of piperidine rings is 1. The van der Waals surface area contributed by atoms with Crippen molar-refractivity contribution in [3.8, 4) is 5.75 Å². The molecule has 0 spiro atoms. The van der Waals surface area contributed by atoms with E-state index in [1.165, 1.54) is 0 Å². The van der Waals surface area contributed by atoms with Gasteiger partial charge in [0.25, 0.3) is 5.91 Å². The van der Waals surface area contributed by atoms with Crippen LogP contribution in [-0.4, -0.2) is 49.8 Å². The summed E-state index contributed by atoms with van der Waals surface area (Å²) in [7, 11) is 0. The molecule has 2 rings (SSSR count). The van der Waals surface area contributed by atoms with E-state index in [2.05, 4.69) is 0 Å². The van der Waals surface area contributed by atoms with Crippen LogP contribution >= 0.6 is 0 Å². The summed E-state index contributed by atoms with van der Waals surface area (Å²) in [6.45, 7) is 4.95. The normalized spacial score (nSPS) is 18.6. The zero-order valence-electron chi connectivity index (χ0n) is 12.6. The minimum atomic E-state index is -0.00263. The van der Waals surface area contributed by atoms with Crippen LogP contribution in [0.3, 0.4) is 0 Å². The molecule has 5 heteroatoms. The number of carbonyl (C=O) groups is 1. The third-order valence-electron chi connectivity index (χ3n) is 3.55. The second-order valence-electron chi connectivity index (χ2n) is 5.20. The number of para-hydroxylation sites is 1. The lowest BCUT2D eigenvalue weighted by atomic mass is 10.0. The van der Waals surface area contributed by atoms with Crippen molar-refractivity contribution in [1.82, 2.24) is 4.90 Å². The number of nitrogens with two attached hydrogens (primary N) is 1. The average molecular weight is 292 g/mol. The SMILES string of the molecule is CCOCCOc1ccccc1C(=O)N1CCCC(N)C1. The summed E-state index contributed by atoms with van der Waals surface area (Å²) in [5, 5.41) is 0. The van der Waals surface area contributed by atoms with Gasteiger partial charge in [0.1, 0.15) is 12.4 Å². The van der Waals surface area contributed by atoms with Crippen molar-refractivity contribution in [3.63, 3.8) is 0 Å². The number of benzene rings is 1. The molecule has 1 aromatic carbocycles. The first-order valence-electron chi connectivity index (χ1n) is 7.56. The van der Waals surface area contributed by atoms with Gasteiger partial charge in [0, 0.05) is 25.7 Å². The number of nitrogens with zero attached hydrogens (tertiary/aromatic N) is 1. The van der Waals surface area contributed by atoms with Crippen LogP contribution < -0.4 is 10.5 Å². The van der Waals surface area contributed by atoms with Gasteiger partial charge in [-0.15, -0.1) is 0 Å². The summed E-state index contributed by atoms with van der Waals surface area (Å²) in [5.74, 6) is 0.610. The van der Waals surface area contributed by atoms with E-state index in [1.54, 1.807) is 6.07 Å². The van der Waals surface area contributed by atoms with Crippen molar-refractivity contribution in [1.29, 1.82) is 0 Å². The van der Waals surface area contributed by atoms with Crippen LogP contribution in [0.1, 0.15) is 30.1 Å². The first-order chi connectivity index (χ1) is 10.2. The second kappa shape index (κ2) is 8.00. The molecule has 1 aromatic rings. The largest absolute Gasteiger partial charge is 0.490 e. The Morgan fingerprint density at radius 1 is 1.38 bits per heavy atom. The number of hydrogen-bond acceptors (Lipinski definition) is 4. The van der Waals surface area contributed by atoms with Crippen LogP contribution in [-0.2, 0) is 4.74 Å². The average Bonchev–Trinajstić information content (AvgIpc) is 2.51. The number of carbonyl (C=O) groups excluding carboxylic acids is 1. The quantitative estimate of drug-likeness (QED) is 0.810. The number of rotatable bonds is 6. The van der Waals surface area contributed by atoms with Crippen LogP contribution in [0.5, 0.6) is 5.75 Å². The Labute approximate surface area is 126 Å². The first-order valence-corrected chi connectivity index (χ1v) is 7.56.